The van der Waals surface area contributed by atoms with Crippen molar-refractivity contribution in [2.24, 2.45) is 4.99 Å². The SMILES string of the molecule is CN=C(NCCOC)NCCc1cc(F)cc(F)c1. The Hall–Kier alpha value is -1.69. The van der Waals surface area contributed by atoms with Crippen molar-refractivity contribution >= 4 is 5.96 Å². The fraction of sp³-hybridized carbons (Fsp3) is 0.462. The third-order valence-electron chi connectivity index (χ3n) is 2.45. The highest BCUT2D eigenvalue weighted by molar-refractivity contribution is 5.79. The Morgan fingerprint density at radius 2 is 1.79 bits per heavy atom. The molecule has 0 amide bonds. The van der Waals surface area contributed by atoms with Crippen molar-refractivity contribution in [2.45, 2.75) is 6.42 Å². The average Bonchev–Trinajstić information content (AvgIpc) is 2.36. The molecule has 0 aromatic heterocycles. The van der Waals surface area contributed by atoms with Gasteiger partial charge < -0.3 is 15.4 Å². The Kier molecular flexibility index (Phi) is 6.81. The van der Waals surface area contributed by atoms with Gasteiger partial charge in [0.05, 0.1) is 6.61 Å². The number of nitrogens with one attached hydrogen (secondary N) is 2. The lowest BCUT2D eigenvalue weighted by Gasteiger charge is -2.11. The average molecular weight is 271 g/mol. The van der Waals surface area contributed by atoms with Crippen LogP contribution in [0, 0.1) is 11.6 Å². The highest BCUT2D eigenvalue weighted by Crippen LogP contribution is 2.07. The van der Waals surface area contributed by atoms with Gasteiger partial charge in [-0.1, -0.05) is 0 Å². The lowest BCUT2D eigenvalue weighted by molar-refractivity contribution is 0.203. The molecule has 0 saturated carbocycles. The molecule has 0 fully saturated rings. The van der Waals surface area contributed by atoms with Crippen molar-refractivity contribution in [3.8, 4) is 0 Å². The van der Waals surface area contributed by atoms with E-state index < -0.39 is 11.6 Å². The fourth-order valence-electron chi connectivity index (χ4n) is 1.57. The first kappa shape index (κ1) is 15.4. The van der Waals surface area contributed by atoms with E-state index in [9.17, 15) is 8.78 Å². The van der Waals surface area contributed by atoms with Gasteiger partial charge >= 0.3 is 0 Å². The zero-order chi connectivity index (χ0) is 14.1. The third kappa shape index (κ3) is 6.15. The molecule has 4 nitrogen and oxygen atoms in total. The summed E-state index contributed by atoms with van der Waals surface area (Å²) in [6, 6.07) is 3.51. The molecular formula is C13H19F2N3O. The van der Waals surface area contributed by atoms with Crippen LogP contribution in [0.1, 0.15) is 5.56 Å². The molecule has 19 heavy (non-hydrogen) atoms. The van der Waals surface area contributed by atoms with Gasteiger partial charge in [0.2, 0.25) is 0 Å². The van der Waals surface area contributed by atoms with Crippen LogP contribution in [-0.2, 0) is 11.2 Å². The second-order valence-electron chi connectivity index (χ2n) is 3.95. The number of aliphatic imine (C=N–C) groups is 1. The Labute approximate surface area is 111 Å². The highest BCUT2D eigenvalue weighted by Gasteiger charge is 2.01. The number of rotatable bonds is 6. The van der Waals surface area contributed by atoms with E-state index in [1.54, 1.807) is 14.2 Å². The molecule has 0 bridgehead atoms. The van der Waals surface area contributed by atoms with Crippen LogP contribution in [0.2, 0.25) is 0 Å². The van der Waals surface area contributed by atoms with Crippen LogP contribution >= 0.6 is 0 Å². The summed E-state index contributed by atoms with van der Waals surface area (Å²) < 4.78 is 30.9. The van der Waals surface area contributed by atoms with Crippen LogP contribution in [0.3, 0.4) is 0 Å². The molecule has 0 atom stereocenters. The van der Waals surface area contributed by atoms with Crippen LogP contribution in [0.4, 0.5) is 8.78 Å². The maximum absolute atomic E-state index is 13.0. The minimum absolute atomic E-state index is 0.514. The number of halogens is 2. The van der Waals surface area contributed by atoms with Gasteiger partial charge in [-0.25, -0.2) is 8.78 Å². The van der Waals surface area contributed by atoms with Crippen molar-refractivity contribution in [1.82, 2.24) is 10.6 Å². The highest BCUT2D eigenvalue weighted by atomic mass is 19.1. The maximum Gasteiger partial charge on any atom is 0.191 e. The van der Waals surface area contributed by atoms with Gasteiger partial charge in [-0.3, -0.25) is 4.99 Å². The van der Waals surface area contributed by atoms with Gasteiger partial charge in [0.25, 0.3) is 0 Å². The largest absolute Gasteiger partial charge is 0.383 e. The van der Waals surface area contributed by atoms with E-state index in [0.717, 1.165) is 6.07 Å². The quantitative estimate of drug-likeness (QED) is 0.466. The number of benzene rings is 1. The van der Waals surface area contributed by atoms with Gasteiger partial charge in [0.15, 0.2) is 5.96 Å². The number of nitrogens with zero attached hydrogens (tertiary/aromatic N) is 1. The summed E-state index contributed by atoms with van der Waals surface area (Å²) in [5, 5.41) is 6.10. The molecule has 0 aliphatic carbocycles. The molecule has 0 radical (unpaired) electrons. The molecular weight excluding hydrogens is 252 g/mol. The maximum atomic E-state index is 13.0. The van der Waals surface area contributed by atoms with Crippen molar-refractivity contribution < 1.29 is 13.5 Å². The van der Waals surface area contributed by atoms with Crippen LogP contribution in [0.25, 0.3) is 0 Å². The number of methoxy groups -OCH3 is 1. The zero-order valence-electron chi connectivity index (χ0n) is 11.2. The normalized spacial score (nSPS) is 11.5. The van der Waals surface area contributed by atoms with E-state index >= 15 is 0 Å². The summed E-state index contributed by atoms with van der Waals surface area (Å²) >= 11 is 0. The number of hydrogen-bond donors (Lipinski definition) is 2. The van der Waals surface area contributed by atoms with E-state index in [0.29, 0.717) is 37.6 Å². The summed E-state index contributed by atoms with van der Waals surface area (Å²) in [4.78, 5) is 4.02. The molecule has 0 heterocycles. The van der Waals surface area contributed by atoms with Gasteiger partial charge in [-0.2, -0.15) is 0 Å². The summed E-state index contributed by atoms with van der Waals surface area (Å²) in [7, 11) is 3.28. The minimum atomic E-state index is -0.558. The van der Waals surface area contributed by atoms with Gasteiger partial charge in [0, 0.05) is 33.3 Å². The van der Waals surface area contributed by atoms with Crippen LogP contribution in [0.5, 0.6) is 0 Å². The third-order valence-corrected chi connectivity index (χ3v) is 2.45. The Balaban J connectivity index is 2.35. The monoisotopic (exact) mass is 271 g/mol. The lowest BCUT2D eigenvalue weighted by atomic mass is 10.1. The number of hydrogen-bond acceptors (Lipinski definition) is 2. The first-order valence-electron chi connectivity index (χ1n) is 6.04. The standard InChI is InChI=1S/C13H19F2N3O/c1-16-13(18-5-6-19-2)17-4-3-10-7-11(14)9-12(15)8-10/h7-9H,3-6H2,1-2H3,(H2,16,17,18). The molecule has 0 unspecified atom stereocenters. The van der Waals surface area contributed by atoms with E-state index in [1.165, 1.54) is 12.1 Å². The van der Waals surface area contributed by atoms with E-state index in [2.05, 4.69) is 15.6 Å². The second kappa shape index (κ2) is 8.42. The molecule has 6 heteroatoms. The van der Waals surface area contributed by atoms with Crippen molar-refractivity contribution in [2.75, 3.05) is 33.9 Å². The molecule has 106 valence electrons. The molecule has 0 saturated heterocycles. The fourth-order valence-corrected chi connectivity index (χ4v) is 1.57. The summed E-state index contributed by atoms with van der Waals surface area (Å²) in [5.41, 5.74) is 0.609. The molecule has 0 aliphatic heterocycles. The van der Waals surface area contributed by atoms with Crippen LogP contribution < -0.4 is 10.6 Å². The van der Waals surface area contributed by atoms with E-state index in [-0.39, 0.29) is 0 Å². The molecule has 0 spiro atoms. The van der Waals surface area contributed by atoms with Crippen LogP contribution in [-0.4, -0.2) is 39.8 Å². The second-order valence-corrected chi connectivity index (χ2v) is 3.95. The smallest absolute Gasteiger partial charge is 0.191 e. The predicted octanol–water partition coefficient (Wildman–Crippen LogP) is 1.32. The molecule has 1 aromatic rings. The summed E-state index contributed by atoms with van der Waals surface area (Å²) in [6.07, 6.45) is 0.514. The van der Waals surface area contributed by atoms with Crippen molar-refractivity contribution in [1.29, 1.82) is 0 Å². The van der Waals surface area contributed by atoms with Gasteiger partial charge in [-0.15, -0.1) is 0 Å². The number of guanidine groups is 1. The van der Waals surface area contributed by atoms with E-state index in [1.807, 2.05) is 0 Å². The Morgan fingerprint density at radius 1 is 1.16 bits per heavy atom. The zero-order valence-corrected chi connectivity index (χ0v) is 11.2. The minimum Gasteiger partial charge on any atom is -0.383 e. The Bertz CT molecular complexity index is 404. The van der Waals surface area contributed by atoms with Gasteiger partial charge in [0.1, 0.15) is 11.6 Å². The molecule has 2 N–H and O–H groups in total. The van der Waals surface area contributed by atoms with Crippen molar-refractivity contribution in [3.05, 3.63) is 35.4 Å². The summed E-state index contributed by atoms with van der Waals surface area (Å²) in [5.74, 6) is -0.482. The predicted molar refractivity (Wildman–Crippen MR) is 71.3 cm³/mol. The molecule has 0 aliphatic rings. The van der Waals surface area contributed by atoms with Gasteiger partial charge in [-0.05, 0) is 24.1 Å². The first-order chi connectivity index (χ1) is 9.15. The van der Waals surface area contributed by atoms with Crippen molar-refractivity contribution in [3.63, 3.8) is 0 Å². The molecule has 1 aromatic carbocycles. The molecule has 1 rings (SSSR count). The summed E-state index contributed by atoms with van der Waals surface area (Å²) in [6.45, 7) is 1.76. The van der Waals surface area contributed by atoms with Crippen LogP contribution in [0.15, 0.2) is 23.2 Å². The van der Waals surface area contributed by atoms with E-state index in [4.69, 9.17) is 4.74 Å². The topological polar surface area (TPSA) is 45.7 Å². The Morgan fingerprint density at radius 3 is 2.37 bits per heavy atom. The number of ether oxygens (including phenoxy) is 1. The first-order valence-corrected chi connectivity index (χ1v) is 6.04. The lowest BCUT2D eigenvalue weighted by Crippen LogP contribution is -2.39.